The molecule has 0 fully saturated rings. The van der Waals surface area contributed by atoms with Crippen LogP contribution >= 0.6 is 0 Å². The summed E-state index contributed by atoms with van der Waals surface area (Å²) < 4.78 is 5.46. The van der Waals surface area contributed by atoms with E-state index in [0.717, 1.165) is 19.7 Å². The Morgan fingerprint density at radius 2 is 1.75 bits per heavy atom. The van der Waals surface area contributed by atoms with Gasteiger partial charge >= 0.3 is 0 Å². The zero-order valence-corrected chi connectivity index (χ0v) is 13.7. The van der Waals surface area contributed by atoms with Crippen LogP contribution in [0.5, 0.6) is 0 Å². The molecule has 0 atom stereocenters. The Bertz CT molecular complexity index is 168. The molecule has 0 heterocycles. The molecular weight excluding hydrogens is 281 g/mol. The van der Waals surface area contributed by atoms with E-state index >= 15 is 0 Å². The van der Waals surface area contributed by atoms with Crippen LogP contribution < -0.4 is 0 Å². The summed E-state index contributed by atoms with van der Waals surface area (Å²) in [5, 5.41) is 0. The molecule has 0 aromatic rings. The fourth-order valence-electron chi connectivity index (χ4n) is 0.978. The van der Waals surface area contributed by atoms with E-state index in [4.69, 9.17) is 4.74 Å². The molecule has 0 N–H and O–H groups in total. The van der Waals surface area contributed by atoms with Crippen molar-refractivity contribution >= 4 is 6.29 Å². The molecule has 0 spiro atoms. The molecule has 0 saturated heterocycles. The Morgan fingerprint density at radius 1 is 1.19 bits per heavy atom. The van der Waals surface area contributed by atoms with Gasteiger partial charge in [-0.05, 0) is 27.9 Å². The van der Waals surface area contributed by atoms with Crippen molar-refractivity contribution in [1.29, 1.82) is 0 Å². The molecule has 1 radical (unpaired) electrons. The smallest absolute Gasteiger partial charge is 0.0594 e. The Kier molecular flexibility index (Phi) is 14.4. The molecule has 5 heteroatoms. The van der Waals surface area contributed by atoms with Gasteiger partial charge in [-0.25, -0.2) is 6.29 Å². The van der Waals surface area contributed by atoms with Gasteiger partial charge in [0.25, 0.3) is 0 Å². The quantitative estimate of drug-likeness (QED) is 0.455. The SMILES string of the molecule is CC(C)N(C)CCOCCN(C)C[C-]=O.[Y]. The number of rotatable bonds is 9. The molecule has 16 heavy (non-hydrogen) atoms. The maximum absolute atomic E-state index is 10.1. The van der Waals surface area contributed by atoms with Gasteiger partial charge in [-0.1, -0.05) is 6.54 Å². The van der Waals surface area contributed by atoms with E-state index < -0.39 is 0 Å². The van der Waals surface area contributed by atoms with Crippen LogP contribution in [0.25, 0.3) is 0 Å². The second-order valence-corrected chi connectivity index (χ2v) is 4.07. The summed E-state index contributed by atoms with van der Waals surface area (Å²) in [6, 6.07) is 0.556. The van der Waals surface area contributed by atoms with Crippen molar-refractivity contribution in [2.75, 3.05) is 46.9 Å². The molecule has 0 aromatic carbocycles. The van der Waals surface area contributed by atoms with Gasteiger partial charge in [-0.3, -0.25) is 0 Å². The predicted molar refractivity (Wildman–Crippen MR) is 61.8 cm³/mol. The van der Waals surface area contributed by atoms with E-state index in [1.807, 2.05) is 18.2 Å². The first kappa shape index (κ1) is 19.0. The molecule has 0 unspecified atom stereocenters. The van der Waals surface area contributed by atoms with Crippen LogP contribution in [0.2, 0.25) is 0 Å². The molecule has 0 amide bonds. The van der Waals surface area contributed by atoms with Crippen molar-refractivity contribution in [3.05, 3.63) is 0 Å². The minimum absolute atomic E-state index is 0. The van der Waals surface area contributed by atoms with Crippen LogP contribution in [0.3, 0.4) is 0 Å². The predicted octanol–water partition coefficient (Wildman–Crippen LogP) is 0.382. The standard InChI is InChI=1S/C11H23N2O2.Y/c1-11(2)13(4)7-10-15-9-6-12(3)5-8-14;/h11H,5-7,9-10H2,1-4H3;/q-1;. The molecule has 0 rings (SSSR count). The zero-order valence-electron chi connectivity index (χ0n) is 10.9. The summed E-state index contributed by atoms with van der Waals surface area (Å²) in [5.74, 6) is 0. The number of carbonyl (C=O) groups excluding carboxylic acids is 1. The van der Waals surface area contributed by atoms with Crippen LogP contribution in [0.4, 0.5) is 0 Å². The molecule has 0 saturated carbocycles. The van der Waals surface area contributed by atoms with Crippen molar-refractivity contribution in [2.45, 2.75) is 19.9 Å². The summed E-state index contributed by atoms with van der Waals surface area (Å²) in [4.78, 5) is 14.2. The Hall–Kier alpha value is 0.654. The van der Waals surface area contributed by atoms with Gasteiger partial charge in [0.2, 0.25) is 0 Å². The number of nitrogens with zero attached hydrogens (tertiary/aromatic N) is 2. The number of hydrogen-bond acceptors (Lipinski definition) is 4. The first-order valence-electron chi connectivity index (χ1n) is 5.39. The molecule has 0 aliphatic carbocycles. The van der Waals surface area contributed by atoms with Gasteiger partial charge in [0.1, 0.15) is 0 Å². The van der Waals surface area contributed by atoms with Gasteiger partial charge in [0, 0.05) is 51.8 Å². The third-order valence-electron chi connectivity index (χ3n) is 2.42. The van der Waals surface area contributed by atoms with E-state index in [9.17, 15) is 4.79 Å². The van der Waals surface area contributed by atoms with Crippen molar-refractivity contribution in [3.8, 4) is 0 Å². The summed E-state index contributed by atoms with van der Waals surface area (Å²) >= 11 is 0. The monoisotopic (exact) mass is 304 g/mol. The number of likely N-dealkylation sites (N-methyl/N-ethyl adjacent to an activating group) is 2. The summed E-state index contributed by atoms with van der Waals surface area (Å²) in [6.45, 7) is 7.82. The van der Waals surface area contributed by atoms with Crippen molar-refractivity contribution in [2.24, 2.45) is 0 Å². The van der Waals surface area contributed by atoms with Crippen LogP contribution in [-0.4, -0.2) is 69.1 Å². The van der Waals surface area contributed by atoms with E-state index in [1.54, 1.807) is 0 Å². The van der Waals surface area contributed by atoms with Crippen molar-refractivity contribution < 1.29 is 42.2 Å². The summed E-state index contributed by atoms with van der Waals surface area (Å²) in [7, 11) is 3.97. The van der Waals surface area contributed by atoms with E-state index in [-0.39, 0.29) is 32.7 Å². The minimum Gasteiger partial charge on any atom is -0.541 e. The fourth-order valence-corrected chi connectivity index (χ4v) is 0.978. The van der Waals surface area contributed by atoms with E-state index in [2.05, 4.69) is 25.8 Å². The van der Waals surface area contributed by atoms with Crippen molar-refractivity contribution in [3.63, 3.8) is 0 Å². The van der Waals surface area contributed by atoms with Crippen LogP contribution in [0.1, 0.15) is 13.8 Å². The molecule has 93 valence electrons. The Labute approximate surface area is 125 Å². The van der Waals surface area contributed by atoms with Crippen LogP contribution in [0.15, 0.2) is 0 Å². The number of hydrogen-bond donors (Lipinski definition) is 0. The third-order valence-corrected chi connectivity index (χ3v) is 2.42. The summed E-state index contributed by atoms with van der Waals surface area (Å²) in [6.07, 6.45) is 1.85. The van der Waals surface area contributed by atoms with Gasteiger partial charge in [-0.2, -0.15) is 0 Å². The molecule has 4 nitrogen and oxygen atoms in total. The first-order chi connectivity index (χ1) is 7.07. The maximum atomic E-state index is 10.1. The molecule has 0 bridgehead atoms. The van der Waals surface area contributed by atoms with E-state index in [1.165, 1.54) is 0 Å². The average molecular weight is 304 g/mol. The first-order valence-corrected chi connectivity index (χ1v) is 5.39. The maximum Gasteiger partial charge on any atom is 0.0594 e. The second kappa shape index (κ2) is 12.1. The zero-order chi connectivity index (χ0) is 11.7. The molecule has 0 aliphatic heterocycles. The third kappa shape index (κ3) is 11.1. The van der Waals surface area contributed by atoms with Crippen LogP contribution in [-0.2, 0) is 42.2 Å². The Balaban J connectivity index is 0. The number of ether oxygens (including phenoxy) is 1. The minimum atomic E-state index is 0. The van der Waals surface area contributed by atoms with Crippen molar-refractivity contribution in [1.82, 2.24) is 9.80 Å². The van der Waals surface area contributed by atoms with Crippen LogP contribution in [0, 0.1) is 0 Å². The topological polar surface area (TPSA) is 32.8 Å². The van der Waals surface area contributed by atoms with Gasteiger partial charge in [0.15, 0.2) is 0 Å². The molecule has 0 aliphatic rings. The van der Waals surface area contributed by atoms with E-state index in [0.29, 0.717) is 19.2 Å². The Morgan fingerprint density at radius 3 is 2.25 bits per heavy atom. The normalized spacial score (nSPS) is 10.9. The van der Waals surface area contributed by atoms with Gasteiger partial charge in [0.05, 0.1) is 13.2 Å². The largest absolute Gasteiger partial charge is 0.541 e. The second-order valence-electron chi connectivity index (χ2n) is 4.07. The van der Waals surface area contributed by atoms with Gasteiger partial charge < -0.3 is 19.3 Å². The fraction of sp³-hybridized carbons (Fsp3) is 0.909. The van der Waals surface area contributed by atoms with Gasteiger partial charge in [-0.15, -0.1) is 0 Å². The average Bonchev–Trinajstić information content (AvgIpc) is 2.17. The summed E-state index contributed by atoms with van der Waals surface area (Å²) in [5.41, 5.74) is 0. The molecule has 0 aromatic heterocycles. The molecular formula is C11H23N2O2Y-.